The van der Waals surface area contributed by atoms with E-state index in [1.807, 2.05) is 0 Å². The number of thiazole rings is 2. The number of aromatic nitrogens is 10. The smallest absolute Gasteiger partial charge is 0.870 e. The van der Waals surface area contributed by atoms with Gasteiger partial charge in [-0.2, -0.15) is 5.26 Å². The van der Waals surface area contributed by atoms with Crippen LogP contribution in [-0.4, -0.2) is 113 Å². The third-order valence-corrected chi connectivity index (χ3v) is 9.01. The van der Waals surface area contributed by atoms with Crippen LogP contribution >= 0.6 is 58.7 Å². The molecule has 0 bridgehead atoms. The third kappa shape index (κ3) is 24.4. The Labute approximate surface area is 409 Å². The zero-order valence-corrected chi connectivity index (χ0v) is 39.9. The van der Waals surface area contributed by atoms with Gasteiger partial charge in [0, 0.05) is 49.6 Å². The molecule has 6 aromatic rings. The Balaban J connectivity index is 0. The number of nitrogens with two attached hydrogens (primary N) is 2. The van der Waals surface area contributed by atoms with Crippen molar-refractivity contribution in [2.75, 3.05) is 13.2 Å². The first-order valence-corrected chi connectivity index (χ1v) is 20.6. The molecule has 0 radical (unpaired) electrons. The quantitative estimate of drug-likeness (QED) is 0.0613. The molecule has 338 valence electrons. The van der Waals surface area contributed by atoms with Gasteiger partial charge in [0.05, 0.1) is 29.6 Å². The molecular formula is C38H41ClLiN13O8S4. The third-order valence-electron chi connectivity index (χ3n) is 6.06. The number of aromatic carboxylic acids is 1. The minimum absolute atomic E-state index is 0. The van der Waals surface area contributed by atoms with E-state index >= 15 is 0 Å². The number of hydrogen-bond acceptors (Lipinski definition) is 22. The number of carboxylic acid groups (broad SMARTS) is 1. The van der Waals surface area contributed by atoms with Crippen molar-refractivity contribution in [3.63, 3.8) is 0 Å². The number of carbonyl (C=O) groups excluding carboxylic acids is 3. The van der Waals surface area contributed by atoms with Gasteiger partial charge in [-0.05, 0) is 65.8 Å². The predicted molar refractivity (Wildman–Crippen MR) is 245 cm³/mol. The molecule has 65 heavy (non-hydrogen) atoms. The molecule has 0 aliphatic carbocycles. The molecule has 21 nitrogen and oxygen atoms in total. The van der Waals surface area contributed by atoms with Crippen molar-refractivity contribution in [1.82, 2.24) is 49.8 Å². The number of aryl methyl sites for hydroxylation is 2. The van der Waals surface area contributed by atoms with E-state index in [1.165, 1.54) is 30.7 Å². The van der Waals surface area contributed by atoms with Crippen LogP contribution in [0, 0.1) is 25.2 Å². The van der Waals surface area contributed by atoms with Crippen LogP contribution in [-0.2, 0) is 19.1 Å². The molecule has 1 unspecified atom stereocenters. The first-order valence-electron chi connectivity index (χ1n) is 17.7. The van der Waals surface area contributed by atoms with Crippen LogP contribution in [0.2, 0.25) is 0 Å². The SMILES string of the molecule is CC(N)=S.CCOC(=O)C(Cl)C(C)=O.CCOC(=O)c1sc(-c2ncccn2)nc1C.Cc1nc(-c2ncccn2)sc1C(=O)O.N#Cc1ncccn1.NC(=S)c1ncccn1.[Li+].[OH-]. The van der Waals surface area contributed by atoms with Crippen molar-refractivity contribution in [2.45, 2.75) is 46.9 Å². The zero-order valence-electron chi connectivity index (χ0n) is 35.8. The Kier molecular flexibility index (Phi) is 32.0. The summed E-state index contributed by atoms with van der Waals surface area (Å²) in [7, 11) is 0. The number of rotatable bonds is 9. The standard InChI is InChI=1S/C11H11N3O2S.C9H7N3O2S.C6H9ClO3.C5H5N3S.C5H3N3.C2H5NS.Li.H2O/c1-3-16-11(15)8-7(2)14-10(17-8)9-12-5-4-6-13-9;1-5-6(9(13)14)15-8(12-5)7-10-3-2-4-11-7;1-3-10-6(9)5(7)4(2)8;6-4(9)5-7-2-1-3-8-5;6-4-5-7-2-1-3-8-5;1-2(3)4;;/h4-6H,3H2,1-2H3;2-4H,1H3,(H,13,14);5H,3H2,1-2H3;1-3H,(H2,6,9);1-3H;1H3,(H2,3,4);;1H2/q;;;;;;+1;/p-1. The van der Waals surface area contributed by atoms with Gasteiger partial charge in [0.2, 0.25) is 5.82 Å². The summed E-state index contributed by atoms with van der Waals surface area (Å²) >= 11 is 16.6. The van der Waals surface area contributed by atoms with Crippen LogP contribution in [0.15, 0.2) is 73.8 Å². The molecule has 0 saturated heterocycles. The number of ketones is 1. The van der Waals surface area contributed by atoms with E-state index in [9.17, 15) is 19.2 Å². The van der Waals surface area contributed by atoms with Gasteiger partial charge in [-0.3, -0.25) is 4.79 Å². The largest absolute Gasteiger partial charge is 1.00 e. The molecule has 0 aliphatic heterocycles. The molecule has 6 N–H and O–H groups in total. The van der Waals surface area contributed by atoms with E-state index in [2.05, 4.69) is 79.0 Å². The monoisotopic (exact) mass is 977 g/mol. The molecule has 6 rings (SSSR count). The fourth-order valence-corrected chi connectivity index (χ4v) is 5.48. The summed E-state index contributed by atoms with van der Waals surface area (Å²) in [6.45, 7) is 10.4. The van der Waals surface area contributed by atoms with Gasteiger partial charge in [0.1, 0.15) is 20.8 Å². The van der Waals surface area contributed by atoms with Crippen LogP contribution in [0.4, 0.5) is 0 Å². The van der Waals surface area contributed by atoms with Crippen molar-refractivity contribution < 1.29 is 58.1 Å². The number of nitriles is 1. The Morgan fingerprint density at radius 1 is 0.738 bits per heavy atom. The summed E-state index contributed by atoms with van der Waals surface area (Å²) in [5.41, 5.74) is 11.2. The number of Topliss-reactive ketones (excluding diaryl/α,β-unsaturated/α-hetero) is 1. The average molecular weight is 978 g/mol. The number of carboxylic acids is 1. The number of halogens is 1. The molecule has 0 amide bonds. The van der Waals surface area contributed by atoms with E-state index < -0.39 is 17.3 Å². The molecule has 0 saturated carbocycles. The van der Waals surface area contributed by atoms with Crippen LogP contribution in [0.1, 0.15) is 70.1 Å². The van der Waals surface area contributed by atoms with E-state index in [-0.39, 0.29) is 58.4 Å². The summed E-state index contributed by atoms with van der Waals surface area (Å²) < 4.78 is 9.42. The molecule has 0 aliphatic rings. The first kappa shape index (κ1) is 60.9. The molecule has 0 aromatic carbocycles. The Morgan fingerprint density at radius 2 is 1.11 bits per heavy atom. The second-order valence-electron chi connectivity index (χ2n) is 11.0. The van der Waals surface area contributed by atoms with Gasteiger partial charge < -0.3 is 31.5 Å². The number of hydrogen-bond donors (Lipinski definition) is 3. The van der Waals surface area contributed by atoms with E-state index in [4.69, 9.17) is 38.2 Å². The fraction of sp³-hybridized carbons (Fsp3) is 0.237. The van der Waals surface area contributed by atoms with Crippen molar-refractivity contribution in [3.8, 4) is 27.7 Å². The first-order chi connectivity index (χ1) is 30.0. The average Bonchev–Trinajstić information content (AvgIpc) is 3.88. The van der Waals surface area contributed by atoms with Gasteiger partial charge in [-0.15, -0.1) is 34.3 Å². The summed E-state index contributed by atoms with van der Waals surface area (Å²) in [6.07, 6.45) is 12.7. The van der Waals surface area contributed by atoms with Crippen molar-refractivity contribution in [2.24, 2.45) is 11.5 Å². The van der Waals surface area contributed by atoms with Gasteiger partial charge in [0.15, 0.2) is 38.6 Å². The maximum Gasteiger partial charge on any atom is 1.00 e. The number of alkyl halides is 1. The normalized spacial score (nSPS) is 9.51. The Hall–Kier alpha value is -6.22. The van der Waals surface area contributed by atoms with E-state index in [0.29, 0.717) is 55.3 Å². The second kappa shape index (κ2) is 34.2. The summed E-state index contributed by atoms with van der Waals surface area (Å²) in [6, 6.07) is 8.61. The number of thiocarbonyl (C=S) groups is 2. The topological polar surface area (TPSA) is 342 Å². The molecule has 1 atom stereocenters. The van der Waals surface area contributed by atoms with Gasteiger partial charge in [0.25, 0.3) is 0 Å². The van der Waals surface area contributed by atoms with Crippen molar-refractivity contribution in [3.05, 3.63) is 107 Å². The molecule has 6 aromatic heterocycles. The molecule has 0 spiro atoms. The minimum Gasteiger partial charge on any atom is -0.870 e. The van der Waals surface area contributed by atoms with Crippen LogP contribution < -0.4 is 30.3 Å². The second-order valence-corrected chi connectivity index (χ2v) is 14.5. The van der Waals surface area contributed by atoms with Gasteiger partial charge >= 0.3 is 36.8 Å². The maximum absolute atomic E-state index is 11.6. The van der Waals surface area contributed by atoms with E-state index in [0.717, 1.165) is 11.3 Å². The maximum atomic E-state index is 11.6. The number of carbonyl (C=O) groups is 4. The van der Waals surface area contributed by atoms with E-state index in [1.54, 1.807) is 102 Å². The summed E-state index contributed by atoms with van der Waals surface area (Å²) in [5, 5.41) is 17.0. The van der Waals surface area contributed by atoms with Gasteiger partial charge in [-0.25, -0.2) is 64.2 Å². The minimum atomic E-state index is -1.14. The number of esters is 2. The zero-order chi connectivity index (χ0) is 47.3. The van der Waals surface area contributed by atoms with Crippen LogP contribution in [0.3, 0.4) is 0 Å². The number of ether oxygens (including phenoxy) is 2. The van der Waals surface area contributed by atoms with Crippen molar-refractivity contribution >= 4 is 92.4 Å². The molecule has 27 heteroatoms. The summed E-state index contributed by atoms with van der Waals surface area (Å²) in [5.74, 6) is -0.747. The Bertz CT molecular complexity index is 2420. The van der Waals surface area contributed by atoms with Crippen LogP contribution in [0.25, 0.3) is 21.7 Å². The molecule has 6 heterocycles. The molecular weight excluding hydrogens is 937 g/mol. The summed E-state index contributed by atoms with van der Waals surface area (Å²) in [4.78, 5) is 84.4. The van der Waals surface area contributed by atoms with Crippen molar-refractivity contribution in [1.29, 1.82) is 5.26 Å². The molecule has 0 fully saturated rings. The fourth-order valence-electron chi connectivity index (χ4n) is 3.55. The number of nitrogens with zero attached hydrogens (tertiary/aromatic N) is 11. The van der Waals surface area contributed by atoms with Gasteiger partial charge in [-0.1, -0.05) is 24.4 Å². The predicted octanol–water partition coefficient (Wildman–Crippen LogP) is 2.02. The Morgan fingerprint density at radius 3 is 1.42 bits per heavy atom. The van der Waals surface area contributed by atoms with Crippen LogP contribution in [0.5, 0.6) is 0 Å².